The predicted octanol–water partition coefficient (Wildman–Crippen LogP) is 1.96. The Labute approximate surface area is 121 Å². The van der Waals surface area contributed by atoms with Crippen molar-refractivity contribution in [3.8, 4) is 11.5 Å². The van der Waals surface area contributed by atoms with Gasteiger partial charge in [-0.2, -0.15) is 0 Å². The molecule has 0 spiro atoms. The van der Waals surface area contributed by atoms with E-state index in [1.807, 2.05) is 0 Å². The Morgan fingerprint density at radius 2 is 1.84 bits per heavy atom. The van der Waals surface area contributed by atoms with E-state index in [9.17, 15) is 4.79 Å². The third kappa shape index (κ3) is 2.73. The number of benzene rings is 1. The normalized spacial score (nSPS) is 18.2. The van der Waals surface area contributed by atoms with Crippen LogP contribution in [0.25, 0.3) is 0 Å². The Morgan fingerprint density at radius 3 is 2.42 bits per heavy atom. The largest absolute Gasteiger partial charge is 0.486 e. The minimum absolute atomic E-state index is 0. The summed E-state index contributed by atoms with van der Waals surface area (Å²) >= 11 is 6.08. The lowest BCUT2D eigenvalue weighted by Gasteiger charge is -2.20. The molecular weight excluding hydrogens is 291 g/mol. The van der Waals surface area contributed by atoms with Gasteiger partial charge in [-0.25, -0.2) is 0 Å². The Kier molecular flexibility index (Phi) is 3.80. The van der Waals surface area contributed by atoms with Crippen LogP contribution in [0.5, 0.6) is 11.5 Å². The number of amides is 1. The minimum Gasteiger partial charge on any atom is -0.486 e. The van der Waals surface area contributed by atoms with Gasteiger partial charge >= 0.3 is 0 Å². The van der Waals surface area contributed by atoms with E-state index >= 15 is 0 Å². The number of carbonyl (C=O) groups excluding carboxylic acids is 1. The van der Waals surface area contributed by atoms with Crippen molar-refractivity contribution in [1.82, 2.24) is 0 Å². The third-order valence-corrected chi connectivity index (χ3v) is 3.43. The second-order valence-corrected chi connectivity index (χ2v) is 4.99. The van der Waals surface area contributed by atoms with Crippen molar-refractivity contribution in [3.05, 3.63) is 17.2 Å². The van der Waals surface area contributed by atoms with Crippen molar-refractivity contribution >= 4 is 35.6 Å². The highest BCUT2D eigenvalue weighted by Crippen LogP contribution is 2.39. The van der Waals surface area contributed by atoms with Gasteiger partial charge in [0.2, 0.25) is 5.91 Å². The second-order valence-electron chi connectivity index (χ2n) is 4.59. The van der Waals surface area contributed by atoms with Crippen LogP contribution < -0.4 is 20.5 Å². The fourth-order valence-corrected chi connectivity index (χ4v) is 1.97. The van der Waals surface area contributed by atoms with Crippen LogP contribution in [-0.2, 0) is 4.79 Å². The van der Waals surface area contributed by atoms with Crippen LogP contribution in [0.1, 0.15) is 12.8 Å². The van der Waals surface area contributed by atoms with Crippen LogP contribution in [0.15, 0.2) is 12.1 Å². The molecule has 2 aliphatic rings. The summed E-state index contributed by atoms with van der Waals surface area (Å²) in [6, 6.07) is 3.31. The van der Waals surface area contributed by atoms with Crippen molar-refractivity contribution in [2.24, 2.45) is 5.73 Å². The highest BCUT2D eigenvalue weighted by molar-refractivity contribution is 6.34. The van der Waals surface area contributed by atoms with Crippen LogP contribution in [-0.4, -0.2) is 24.7 Å². The zero-order chi connectivity index (χ0) is 12.8. The molecule has 0 unspecified atom stereocenters. The van der Waals surface area contributed by atoms with E-state index in [-0.39, 0.29) is 18.3 Å². The first-order valence-corrected chi connectivity index (χ1v) is 6.16. The Bertz CT molecular complexity index is 518. The first-order chi connectivity index (χ1) is 8.58. The first-order valence-electron chi connectivity index (χ1n) is 5.78. The number of carbonyl (C=O) groups is 1. The monoisotopic (exact) mass is 304 g/mol. The van der Waals surface area contributed by atoms with Crippen LogP contribution in [0.4, 0.5) is 5.69 Å². The molecule has 1 amide bonds. The maximum atomic E-state index is 11.8. The molecule has 3 N–H and O–H groups in total. The van der Waals surface area contributed by atoms with Gasteiger partial charge in [-0.05, 0) is 12.8 Å². The van der Waals surface area contributed by atoms with Crippen LogP contribution in [0.3, 0.4) is 0 Å². The SMILES string of the molecule is Cl.NC1(C(=O)Nc2cc3c(cc2Cl)OCCO3)CC1. The van der Waals surface area contributed by atoms with Crippen molar-refractivity contribution in [3.63, 3.8) is 0 Å². The van der Waals surface area contributed by atoms with Gasteiger partial charge in [0.05, 0.1) is 16.2 Å². The molecule has 0 saturated heterocycles. The van der Waals surface area contributed by atoms with Gasteiger partial charge in [0.25, 0.3) is 0 Å². The number of anilines is 1. The van der Waals surface area contributed by atoms with Crippen molar-refractivity contribution in [2.75, 3.05) is 18.5 Å². The van der Waals surface area contributed by atoms with Gasteiger partial charge in [0, 0.05) is 12.1 Å². The van der Waals surface area contributed by atoms with Crippen molar-refractivity contribution < 1.29 is 14.3 Å². The van der Waals surface area contributed by atoms with Gasteiger partial charge in [-0.15, -0.1) is 12.4 Å². The summed E-state index contributed by atoms with van der Waals surface area (Å²) in [5.74, 6) is 0.974. The topological polar surface area (TPSA) is 73.6 Å². The average molecular weight is 305 g/mol. The smallest absolute Gasteiger partial charge is 0.244 e. The number of hydrogen-bond acceptors (Lipinski definition) is 4. The standard InChI is InChI=1S/C12H13ClN2O3.ClH/c13-7-5-9-10(18-4-3-17-9)6-8(7)15-11(16)12(14)1-2-12;/h5-6H,1-4,14H2,(H,15,16);1H. The van der Waals surface area contributed by atoms with E-state index in [2.05, 4.69) is 5.32 Å². The molecule has 1 aliphatic heterocycles. The number of hydrogen-bond donors (Lipinski definition) is 2. The van der Waals surface area contributed by atoms with E-state index in [1.165, 1.54) is 0 Å². The number of ether oxygens (including phenoxy) is 2. The van der Waals surface area contributed by atoms with E-state index in [4.69, 9.17) is 26.8 Å². The molecule has 3 rings (SSSR count). The van der Waals surface area contributed by atoms with Crippen molar-refractivity contribution in [1.29, 1.82) is 0 Å². The highest BCUT2D eigenvalue weighted by Gasteiger charge is 2.46. The summed E-state index contributed by atoms with van der Waals surface area (Å²) in [5.41, 5.74) is 5.59. The summed E-state index contributed by atoms with van der Waals surface area (Å²) in [6.45, 7) is 0.990. The highest BCUT2D eigenvalue weighted by atomic mass is 35.5. The van der Waals surface area contributed by atoms with Crippen LogP contribution >= 0.6 is 24.0 Å². The molecule has 1 aromatic rings. The lowest BCUT2D eigenvalue weighted by atomic mass is 10.2. The Hall–Kier alpha value is -1.17. The summed E-state index contributed by atoms with van der Waals surface area (Å²) in [6.07, 6.45) is 1.42. The fourth-order valence-electron chi connectivity index (χ4n) is 1.77. The average Bonchev–Trinajstić information content (AvgIpc) is 3.10. The number of rotatable bonds is 2. The molecule has 104 valence electrons. The van der Waals surface area contributed by atoms with Gasteiger partial charge < -0.3 is 20.5 Å². The summed E-state index contributed by atoms with van der Waals surface area (Å²) < 4.78 is 10.8. The number of halogens is 2. The first kappa shape index (κ1) is 14.2. The Morgan fingerprint density at radius 1 is 1.26 bits per heavy atom. The fraction of sp³-hybridized carbons (Fsp3) is 0.417. The lowest BCUT2D eigenvalue weighted by molar-refractivity contribution is -0.118. The zero-order valence-electron chi connectivity index (χ0n) is 10.1. The number of nitrogens with two attached hydrogens (primary N) is 1. The van der Waals surface area contributed by atoms with Crippen LogP contribution in [0, 0.1) is 0 Å². The molecule has 0 atom stereocenters. The summed E-state index contributed by atoms with van der Waals surface area (Å²) in [5, 5.41) is 3.15. The van der Waals surface area contributed by atoms with E-state index in [0.29, 0.717) is 48.3 Å². The molecule has 0 radical (unpaired) electrons. The van der Waals surface area contributed by atoms with Gasteiger partial charge in [-0.3, -0.25) is 4.79 Å². The molecule has 7 heteroatoms. The van der Waals surface area contributed by atoms with E-state index in [1.54, 1.807) is 12.1 Å². The van der Waals surface area contributed by atoms with E-state index in [0.717, 1.165) is 0 Å². The van der Waals surface area contributed by atoms with Gasteiger partial charge in [-0.1, -0.05) is 11.6 Å². The molecule has 1 saturated carbocycles. The van der Waals surface area contributed by atoms with Gasteiger partial charge in [0.1, 0.15) is 13.2 Å². The maximum Gasteiger partial charge on any atom is 0.244 e. The molecule has 5 nitrogen and oxygen atoms in total. The zero-order valence-corrected chi connectivity index (χ0v) is 11.6. The minimum atomic E-state index is -0.726. The van der Waals surface area contributed by atoms with E-state index < -0.39 is 5.54 Å². The quantitative estimate of drug-likeness (QED) is 0.876. The molecule has 0 aromatic heterocycles. The molecule has 1 aromatic carbocycles. The summed E-state index contributed by atoms with van der Waals surface area (Å²) in [7, 11) is 0. The number of nitrogens with one attached hydrogen (secondary N) is 1. The van der Waals surface area contributed by atoms with Crippen LogP contribution in [0.2, 0.25) is 5.02 Å². The lowest BCUT2D eigenvalue weighted by Crippen LogP contribution is -2.37. The molecule has 1 fully saturated rings. The molecular formula is C12H14Cl2N2O3. The molecule has 19 heavy (non-hydrogen) atoms. The molecule has 0 bridgehead atoms. The predicted molar refractivity (Wildman–Crippen MR) is 74.5 cm³/mol. The van der Waals surface area contributed by atoms with Crippen molar-refractivity contribution in [2.45, 2.75) is 18.4 Å². The molecule has 1 heterocycles. The maximum absolute atomic E-state index is 11.8. The molecule has 1 aliphatic carbocycles. The second kappa shape index (κ2) is 5.07. The summed E-state index contributed by atoms with van der Waals surface area (Å²) in [4.78, 5) is 11.8. The number of fused-ring (bicyclic) bond motifs is 1. The Balaban J connectivity index is 0.00000133. The van der Waals surface area contributed by atoms with Gasteiger partial charge in [0.15, 0.2) is 11.5 Å². The third-order valence-electron chi connectivity index (χ3n) is 3.12.